The zero-order valence-corrected chi connectivity index (χ0v) is 21.6. The van der Waals surface area contributed by atoms with Gasteiger partial charge in [-0.15, -0.1) is 0 Å². The minimum atomic E-state index is -5.18. The van der Waals surface area contributed by atoms with Gasteiger partial charge in [0.15, 0.2) is 5.67 Å². The fourth-order valence-corrected chi connectivity index (χ4v) is 5.81. The van der Waals surface area contributed by atoms with Crippen molar-refractivity contribution in [3.8, 4) is 0 Å². The zero-order valence-electron chi connectivity index (χ0n) is 20.1. The maximum atomic E-state index is 15.4. The lowest BCUT2D eigenvalue weighted by Crippen LogP contribution is -2.59. The van der Waals surface area contributed by atoms with Gasteiger partial charge in [-0.1, -0.05) is 65.5 Å². The molecule has 0 radical (unpaired) electrons. The molecule has 4 nitrogen and oxygen atoms in total. The molecule has 3 aliphatic rings. The van der Waals surface area contributed by atoms with Crippen LogP contribution in [0.4, 0.5) is 30.7 Å². The maximum absolute atomic E-state index is 15.4. The summed E-state index contributed by atoms with van der Waals surface area (Å²) < 4.78 is 98.6. The molecule has 39 heavy (non-hydrogen) atoms. The van der Waals surface area contributed by atoms with E-state index >= 15 is 4.39 Å². The van der Waals surface area contributed by atoms with Gasteiger partial charge in [-0.25, -0.2) is 4.39 Å². The lowest BCUT2D eigenvalue weighted by Gasteiger charge is -2.45. The molecule has 1 saturated carbocycles. The minimum absolute atomic E-state index is 0.0608. The smallest absolute Gasteiger partial charge is 0.374 e. The number of carbonyl (C=O) groups is 1. The molecule has 1 unspecified atom stereocenters. The maximum Gasteiger partial charge on any atom is 0.435 e. The van der Waals surface area contributed by atoms with Crippen molar-refractivity contribution in [2.75, 3.05) is 13.1 Å². The van der Waals surface area contributed by atoms with Crippen LogP contribution in [0, 0.1) is 5.92 Å². The predicted octanol–water partition coefficient (Wildman–Crippen LogP) is 7.79. The van der Waals surface area contributed by atoms with Crippen LogP contribution < -0.4 is 0 Å². The summed E-state index contributed by atoms with van der Waals surface area (Å²) >= 11 is 11.4. The minimum Gasteiger partial charge on any atom is -0.374 e. The third kappa shape index (κ3) is 4.85. The number of hydrogen-bond donors (Lipinski definition) is 0. The van der Waals surface area contributed by atoms with Gasteiger partial charge in [0.05, 0.1) is 34.4 Å². The van der Waals surface area contributed by atoms with Crippen molar-refractivity contribution in [2.24, 2.45) is 11.1 Å². The molecular formula is C26H21Cl2F7N2O2. The molecule has 1 amide bonds. The SMILES string of the molecule is O=C(C1CCCC1)N1CC(F)(c2ccc(C3=NOC(c4cc(Cl)c(Cl)c(C(F)(F)F)c4)(C(F)(F)F)C3)cc2)C1. The van der Waals surface area contributed by atoms with Gasteiger partial charge in [0.1, 0.15) is 0 Å². The van der Waals surface area contributed by atoms with Crippen molar-refractivity contribution in [3.05, 3.63) is 68.7 Å². The Morgan fingerprint density at radius 1 is 0.974 bits per heavy atom. The van der Waals surface area contributed by atoms with E-state index in [1.807, 2.05) is 0 Å². The molecule has 2 aliphatic heterocycles. The van der Waals surface area contributed by atoms with Gasteiger partial charge in [0.2, 0.25) is 5.91 Å². The lowest BCUT2D eigenvalue weighted by molar-refractivity contribution is -0.276. The van der Waals surface area contributed by atoms with Crippen molar-refractivity contribution in [1.82, 2.24) is 4.90 Å². The number of benzene rings is 2. The van der Waals surface area contributed by atoms with E-state index in [1.54, 1.807) is 0 Å². The average molecular weight is 597 g/mol. The fourth-order valence-electron chi connectivity index (χ4n) is 5.38. The summed E-state index contributed by atoms with van der Waals surface area (Å²) in [6, 6.07) is 6.44. The summed E-state index contributed by atoms with van der Waals surface area (Å²) in [5, 5.41) is 1.89. The summed E-state index contributed by atoms with van der Waals surface area (Å²) in [6.07, 6.45) is -7.64. The number of carbonyl (C=O) groups excluding carboxylic acids is 1. The Morgan fingerprint density at radius 2 is 1.59 bits per heavy atom. The lowest BCUT2D eigenvalue weighted by atomic mass is 9.84. The fraction of sp³-hybridized carbons (Fsp3) is 0.462. The van der Waals surface area contributed by atoms with Crippen molar-refractivity contribution >= 4 is 34.8 Å². The van der Waals surface area contributed by atoms with E-state index in [0.29, 0.717) is 6.07 Å². The molecule has 13 heteroatoms. The van der Waals surface area contributed by atoms with Crippen LogP contribution in [-0.4, -0.2) is 35.8 Å². The second-order valence-electron chi connectivity index (χ2n) is 10.2. The van der Waals surface area contributed by atoms with Crippen LogP contribution in [0.3, 0.4) is 0 Å². The zero-order chi connectivity index (χ0) is 28.4. The summed E-state index contributed by atoms with van der Waals surface area (Å²) in [5.74, 6) is -0.136. The summed E-state index contributed by atoms with van der Waals surface area (Å²) in [7, 11) is 0. The highest BCUT2D eigenvalue weighted by molar-refractivity contribution is 6.42. The van der Waals surface area contributed by atoms with Crippen LogP contribution >= 0.6 is 23.2 Å². The Hall–Kier alpha value is -2.53. The second kappa shape index (κ2) is 9.54. The van der Waals surface area contributed by atoms with Gasteiger partial charge in [0, 0.05) is 17.9 Å². The molecule has 1 atom stereocenters. The first-order valence-corrected chi connectivity index (χ1v) is 12.9. The summed E-state index contributed by atoms with van der Waals surface area (Å²) in [5.41, 5.74) is -7.25. The normalized spacial score (nSPS) is 23.4. The van der Waals surface area contributed by atoms with E-state index in [-0.39, 0.29) is 47.8 Å². The molecule has 0 spiro atoms. The number of nitrogens with zero attached hydrogens (tertiary/aromatic N) is 2. The number of amides is 1. The van der Waals surface area contributed by atoms with Gasteiger partial charge < -0.3 is 9.74 Å². The van der Waals surface area contributed by atoms with Gasteiger partial charge in [-0.3, -0.25) is 4.79 Å². The first-order valence-electron chi connectivity index (χ1n) is 12.1. The number of halogens is 9. The van der Waals surface area contributed by atoms with Crippen LogP contribution in [0.5, 0.6) is 0 Å². The molecule has 2 heterocycles. The van der Waals surface area contributed by atoms with Crippen LogP contribution in [0.2, 0.25) is 10.0 Å². The van der Waals surface area contributed by atoms with Crippen LogP contribution in [-0.2, 0) is 27.1 Å². The summed E-state index contributed by atoms with van der Waals surface area (Å²) in [4.78, 5) is 18.8. The van der Waals surface area contributed by atoms with Crippen LogP contribution in [0.25, 0.3) is 0 Å². The number of oxime groups is 1. The topological polar surface area (TPSA) is 41.9 Å². The van der Waals surface area contributed by atoms with Gasteiger partial charge >= 0.3 is 12.4 Å². The number of hydrogen-bond acceptors (Lipinski definition) is 3. The van der Waals surface area contributed by atoms with E-state index in [1.165, 1.54) is 29.2 Å². The highest BCUT2D eigenvalue weighted by Gasteiger charge is 2.63. The van der Waals surface area contributed by atoms with Gasteiger partial charge in [0.25, 0.3) is 5.60 Å². The Bertz CT molecular complexity index is 1320. The highest BCUT2D eigenvalue weighted by Crippen LogP contribution is 2.51. The average Bonchev–Trinajstić information content (AvgIpc) is 3.54. The Kier molecular flexibility index (Phi) is 6.85. The largest absolute Gasteiger partial charge is 0.435 e. The Balaban J connectivity index is 1.36. The number of rotatable bonds is 4. The molecule has 0 bridgehead atoms. The highest BCUT2D eigenvalue weighted by atomic mass is 35.5. The van der Waals surface area contributed by atoms with Crippen LogP contribution in [0.15, 0.2) is 41.6 Å². The Morgan fingerprint density at radius 3 is 2.15 bits per heavy atom. The molecule has 1 saturated heterocycles. The molecule has 5 rings (SSSR count). The van der Waals surface area contributed by atoms with Crippen molar-refractivity contribution in [1.29, 1.82) is 0 Å². The van der Waals surface area contributed by atoms with Gasteiger partial charge in [-0.2, -0.15) is 26.3 Å². The van der Waals surface area contributed by atoms with E-state index in [4.69, 9.17) is 28.0 Å². The van der Waals surface area contributed by atoms with Gasteiger partial charge in [-0.05, 0) is 36.1 Å². The van der Waals surface area contributed by atoms with E-state index in [0.717, 1.165) is 25.7 Å². The first kappa shape index (κ1) is 28.0. The van der Waals surface area contributed by atoms with E-state index in [9.17, 15) is 31.1 Å². The van der Waals surface area contributed by atoms with Crippen LogP contribution in [0.1, 0.15) is 54.4 Å². The molecule has 1 aliphatic carbocycles. The first-order chi connectivity index (χ1) is 18.1. The molecule has 2 aromatic carbocycles. The monoisotopic (exact) mass is 596 g/mol. The molecular weight excluding hydrogens is 576 g/mol. The second-order valence-corrected chi connectivity index (χ2v) is 11.0. The third-order valence-electron chi connectivity index (χ3n) is 7.62. The molecule has 2 aromatic rings. The third-order valence-corrected chi connectivity index (χ3v) is 8.42. The molecule has 210 valence electrons. The number of likely N-dealkylation sites (tertiary alicyclic amines) is 1. The molecule has 0 aromatic heterocycles. The Labute approximate surface area is 228 Å². The molecule has 2 fully saturated rings. The standard InChI is InChI=1S/C26H21Cl2F7N2O2/c27-19-10-17(9-18(21(19)28)25(30,31)32)24(26(33,34)35)11-20(36-39-24)14-5-7-16(8-6-14)23(29)12-37(13-23)22(38)15-3-1-2-4-15/h5-10,15H,1-4,11-13H2. The molecule has 0 N–H and O–H groups in total. The quantitative estimate of drug-likeness (QED) is 0.338. The van der Waals surface area contributed by atoms with E-state index < -0.39 is 51.2 Å². The number of alkyl halides is 7. The van der Waals surface area contributed by atoms with Crippen molar-refractivity contribution in [3.63, 3.8) is 0 Å². The predicted molar refractivity (Wildman–Crippen MR) is 129 cm³/mol. The van der Waals surface area contributed by atoms with Crippen molar-refractivity contribution in [2.45, 2.75) is 55.7 Å². The summed E-state index contributed by atoms with van der Waals surface area (Å²) in [6.45, 7) is -0.219. The van der Waals surface area contributed by atoms with Crippen molar-refractivity contribution < 1.29 is 40.4 Å². The van der Waals surface area contributed by atoms with E-state index in [2.05, 4.69) is 5.16 Å².